The second-order valence-corrected chi connectivity index (χ2v) is 10.0. The predicted molar refractivity (Wildman–Crippen MR) is 167 cm³/mol. The molecule has 1 spiro atoms. The molecule has 0 radical (unpaired) electrons. The van der Waals surface area contributed by atoms with Crippen LogP contribution in [0.3, 0.4) is 0 Å². The van der Waals surface area contributed by atoms with Crippen LogP contribution in [0.2, 0.25) is 0 Å². The number of rotatable bonds is 1. The first-order valence-electron chi connectivity index (χ1n) is 13.3. The van der Waals surface area contributed by atoms with Crippen molar-refractivity contribution in [1.29, 1.82) is 0 Å². The van der Waals surface area contributed by atoms with Crippen LogP contribution in [0.4, 0.5) is 0 Å². The molecule has 0 aliphatic heterocycles. The van der Waals surface area contributed by atoms with E-state index in [1.807, 2.05) is 0 Å². The van der Waals surface area contributed by atoms with Crippen molar-refractivity contribution in [1.82, 2.24) is 0 Å². The second kappa shape index (κ2) is 10.9. The van der Waals surface area contributed by atoms with Crippen LogP contribution in [0.15, 0.2) is 146 Å². The van der Waals surface area contributed by atoms with E-state index >= 15 is 0 Å². The summed E-state index contributed by atoms with van der Waals surface area (Å²) in [6.45, 7) is 16.4. The van der Waals surface area contributed by atoms with Crippen molar-refractivity contribution < 1.29 is 0 Å². The lowest BCUT2D eigenvalue weighted by Gasteiger charge is -2.41. The van der Waals surface area contributed by atoms with Crippen molar-refractivity contribution >= 4 is 23.3 Å². The van der Waals surface area contributed by atoms with Gasteiger partial charge >= 0.3 is 0 Å². The molecule has 38 heavy (non-hydrogen) atoms. The van der Waals surface area contributed by atoms with Crippen molar-refractivity contribution in [2.45, 2.75) is 25.2 Å². The maximum Gasteiger partial charge on any atom is 0.0696 e. The third kappa shape index (κ3) is 4.66. The van der Waals surface area contributed by atoms with Crippen LogP contribution in [0.5, 0.6) is 0 Å². The van der Waals surface area contributed by atoms with E-state index in [1.165, 1.54) is 11.1 Å². The summed E-state index contributed by atoms with van der Waals surface area (Å²) in [6.07, 6.45) is 21.6. The van der Waals surface area contributed by atoms with Gasteiger partial charge in [0, 0.05) is 0 Å². The van der Waals surface area contributed by atoms with E-state index in [0.29, 0.717) is 0 Å². The lowest BCUT2D eigenvalue weighted by atomic mass is 9.61. The van der Waals surface area contributed by atoms with Crippen LogP contribution in [0.1, 0.15) is 46.2 Å². The summed E-state index contributed by atoms with van der Waals surface area (Å²) in [5.41, 5.74) is 10.2. The lowest BCUT2D eigenvalue weighted by molar-refractivity contribution is 0.804. The zero-order valence-electron chi connectivity index (χ0n) is 22.2. The van der Waals surface area contributed by atoms with Gasteiger partial charge in [-0.2, -0.15) is 0 Å². The standard InChI is InChI=1S/C38H34/c1-28-16-15-23-34(26-28)35-22-8-6-5-7-18-32-19-11-13-24-36(32)31(4)38(30(3)27-35)29(2)17-9-10-20-33-21-12-14-25-37(33)38/h7-27H,2-6H2,1H3/b17-9-,18-7-,20-10-,22-8-,35-27+. The third-order valence-corrected chi connectivity index (χ3v) is 7.53. The molecule has 0 bridgehead atoms. The summed E-state index contributed by atoms with van der Waals surface area (Å²) in [7, 11) is 0. The minimum atomic E-state index is -0.737. The molecule has 5 rings (SSSR count). The Bertz CT molecular complexity index is 1560. The molecule has 2 aliphatic carbocycles. The molecule has 0 heteroatoms. The zero-order valence-corrected chi connectivity index (χ0v) is 22.2. The van der Waals surface area contributed by atoms with E-state index in [1.54, 1.807) is 0 Å². The van der Waals surface area contributed by atoms with Crippen LogP contribution in [-0.4, -0.2) is 0 Å². The smallest absolute Gasteiger partial charge is 0.0696 e. The van der Waals surface area contributed by atoms with Crippen LogP contribution < -0.4 is 0 Å². The maximum absolute atomic E-state index is 4.81. The van der Waals surface area contributed by atoms with E-state index in [0.717, 1.165) is 57.4 Å². The Hall–Kier alpha value is -4.42. The van der Waals surface area contributed by atoms with Gasteiger partial charge in [0.2, 0.25) is 0 Å². The van der Waals surface area contributed by atoms with E-state index < -0.39 is 5.41 Å². The van der Waals surface area contributed by atoms with Crippen LogP contribution in [-0.2, 0) is 5.41 Å². The van der Waals surface area contributed by atoms with Crippen LogP contribution in [0.25, 0.3) is 23.3 Å². The van der Waals surface area contributed by atoms with Gasteiger partial charge < -0.3 is 0 Å². The fourth-order valence-electron chi connectivity index (χ4n) is 5.62. The maximum atomic E-state index is 4.81. The summed E-state index contributed by atoms with van der Waals surface area (Å²) in [6, 6.07) is 25.8. The summed E-state index contributed by atoms with van der Waals surface area (Å²) in [5.74, 6) is 0. The summed E-state index contributed by atoms with van der Waals surface area (Å²) in [4.78, 5) is 0. The molecule has 0 saturated heterocycles. The second-order valence-electron chi connectivity index (χ2n) is 10.0. The number of benzene rings is 3. The van der Waals surface area contributed by atoms with Crippen LogP contribution in [0, 0.1) is 6.92 Å². The molecule has 0 nitrogen and oxygen atoms in total. The van der Waals surface area contributed by atoms with Crippen LogP contribution >= 0.6 is 0 Å². The molecule has 3 aromatic carbocycles. The Morgan fingerprint density at radius 1 is 0.658 bits per heavy atom. The summed E-state index contributed by atoms with van der Waals surface area (Å²) >= 11 is 0. The molecule has 0 N–H and O–H groups in total. The fraction of sp³-hybridized carbons (Fsp3) is 0.105. The van der Waals surface area contributed by atoms with Crippen molar-refractivity contribution in [2.24, 2.45) is 0 Å². The minimum Gasteiger partial charge on any atom is -0.0942 e. The third-order valence-electron chi connectivity index (χ3n) is 7.53. The first kappa shape index (κ1) is 25.2. The number of fused-ring (bicyclic) bond motifs is 3. The van der Waals surface area contributed by atoms with Gasteiger partial charge in [-0.3, -0.25) is 0 Å². The molecule has 3 aromatic rings. The van der Waals surface area contributed by atoms with Crippen molar-refractivity contribution in [3.8, 4) is 0 Å². The highest BCUT2D eigenvalue weighted by atomic mass is 14.4. The quantitative estimate of drug-likeness (QED) is 0.318. The lowest BCUT2D eigenvalue weighted by Crippen LogP contribution is -2.32. The molecular weight excluding hydrogens is 456 g/mol. The van der Waals surface area contributed by atoms with Gasteiger partial charge in [-0.1, -0.05) is 153 Å². The van der Waals surface area contributed by atoms with E-state index in [2.05, 4.69) is 141 Å². The normalized spacial score (nSPS) is 24.2. The highest BCUT2D eigenvalue weighted by molar-refractivity contribution is 5.90. The molecule has 0 fully saturated rings. The Morgan fingerprint density at radius 2 is 1.37 bits per heavy atom. The molecule has 0 amide bonds. The van der Waals surface area contributed by atoms with Gasteiger partial charge in [-0.25, -0.2) is 0 Å². The van der Waals surface area contributed by atoms with Gasteiger partial charge in [-0.05, 0) is 69.9 Å². The van der Waals surface area contributed by atoms with E-state index in [9.17, 15) is 0 Å². The minimum absolute atomic E-state index is 0.737. The molecule has 0 heterocycles. The monoisotopic (exact) mass is 490 g/mol. The van der Waals surface area contributed by atoms with E-state index in [-0.39, 0.29) is 0 Å². The van der Waals surface area contributed by atoms with Gasteiger partial charge in [0.15, 0.2) is 0 Å². The molecule has 0 saturated carbocycles. The molecule has 1 unspecified atom stereocenters. The number of hydrogen-bond acceptors (Lipinski definition) is 0. The molecule has 2 aliphatic rings. The topological polar surface area (TPSA) is 0 Å². The van der Waals surface area contributed by atoms with Gasteiger partial charge in [0.1, 0.15) is 0 Å². The predicted octanol–water partition coefficient (Wildman–Crippen LogP) is 10.1. The molecule has 0 aromatic heterocycles. The zero-order chi connectivity index (χ0) is 26.5. The van der Waals surface area contributed by atoms with Crippen molar-refractivity contribution in [3.63, 3.8) is 0 Å². The Kier molecular flexibility index (Phi) is 7.24. The van der Waals surface area contributed by atoms with Gasteiger partial charge in [-0.15, -0.1) is 0 Å². The number of aryl methyl sites for hydroxylation is 1. The number of allylic oxidation sites excluding steroid dienone is 11. The number of hydrogen-bond donors (Lipinski definition) is 0. The Labute approximate surface area is 227 Å². The Morgan fingerprint density at radius 3 is 2.18 bits per heavy atom. The average molecular weight is 491 g/mol. The highest BCUT2D eigenvalue weighted by Crippen LogP contribution is 2.52. The molecule has 186 valence electrons. The van der Waals surface area contributed by atoms with Gasteiger partial charge in [0.05, 0.1) is 5.41 Å². The van der Waals surface area contributed by atoms with Crippen molar-refractivity contribution in [3.05, 3.63) is 180 Å². The SMILES string of the molecule is C=C1/C=C\C=C/c2ccccc2C12C(=C)/C=C(c1cccc(C)c1)\C=C/CC/C=C\c1ccccc1C2=C. The highest BCUT2D eigenvalue weighted by Gasteiger charge is 2.42. The van der Waals surface area contributed by atoms with Crippen molar-refractivity contribution in [2.75, 3.05) is 0 Å². The van der Waals surface area contributed by atoms with Gasteiger partial charge in [0.25, 0.3) is 0 Å². The first-order chi connectivity index (χ1) is 18.5. The molecular formula is C38H34. The molecule has 1 atom stereocenters. The first-order valence-corrected chi connectivity index (χ1v) is 13.3. The summed E-state index contributed by atoms with van der Waals surface area (Å²) in [5, 5.41) is 0. The van der Waals surface area contributed by atoms with E-state index in [4.69, 9.17) is 13.2 Å². The summed E-state index contributed by atoms with van der Waals surface area (Å²) < 4.78 is 0. The largest absolute Gasteiger partial charge is 0.0942 e. The fourth-order valence-corrected chi connectivity index (χ4v) is 5.62. The Balaban J connectivity index is 1.86. The average Bonchev–Trinajstić information content (AvgIpc) is 2.93.